The number of nitrogens with two attached hydrogens (primary N) is 3. The number of aliphatic carboxylic acids is 1. The van der Waals surface area contributed by atoms with E-state index < -0.39 is 15.8 Å². The van der Waals surface area contributed by atoms with Gasteiger partial charge in [-0.1, -0.05) is 107 Å². The summed E-state index contributed by atoms with van der Waals surface area (Å²) in [5.74, 6) is 5.63. The van der Waals surface area contributed by atoms with Crippen molar-refractivity contribution in [1.82, 2.24) is 91.1 Å². The third-order valence-electron chi connectivity index (χ3n) is 15.5. The molecule has 0 radical (unpaired) electrons. The Morgan fingerprint density at radius 3 is 1.57 bits per heavy atom. The molecule has 538 valence electrons. The van der Waals surface area contributed by atoms with Crippen molar-refractivity contribution in [2.45, 2.75) is 151 Å². The topological polar surface area (TPSA) is 451 Å². The van der Waals surface area contributed by atoms with E-state index in [0.29, 0.717) is 68.2 Å². The molecule has 11 N–H and O–H groups in total. The first-order chi connectivity index (χ1) is 47.6. The number of nitrogens with zero attached hydrogens (tertiary/aromatic N) is 17. The van der Waals surface area contributed by atoms with Crippen LogP contribution in [-0.2, 0) is 64.6 Å². The molecular formula is C66H94N24O9S. The summed E-state index contributed by atoms with van der Waals surface area (Å²) in [4.78, 5) is 47.7. The fraction of sp³-hybridized carbons (Fsp3) is 0.455. The highest BCUT2D eigenvalue weighted by Gasteiger charge is 2.22. The second-order valence-corrected chi connectivity index (χ2v) is 25.5. The maximum atomic E-state index is 11.8. The fourth-order valence-corrected chi connectivity index (χ4v) is 11.3. The lowest BCUT2D eigenvalue weighted by atomic mass is 9.99. The number of nitrogen functional groups attached to an aromatic ring is 3. The fourth-order valence-electron chi connectivity index (χ4n) is 10.6. The van der Waals surface area contributed by atoms with Gasteiger partial charge < -0.3 is 52.5 Å². The Morgan fingerprint density at radius 2 is 1.12 bits per heavy atom. The van der Waals surface area contributed by atoms with E-state index in [9.17, 15) is 13.2 Å². The van der Waals surface area contributed by atoms with E-state index in [1.54, 1.807) is 21.3 Å². The number of aryl methyl sites for hydroxylation is 3. The lowest BCUT2D eigenvalue weighted by molar-refractivity contribution is -0.270. The number of methoxy groups -OCH3 is 3. The van der Waals surface area contributed by atoms with E-state index in [4.69, 9.17) is 41.5 Å². The van der Waals surface area contributed by atoms with Gasteiger partial charge in [0.1, 0.15) is 57.3 Å². The second-order valence-electron chi connectivity index (χ2n) is 23.2. The van der Waals surface area contributed by atoms with Gasteiger partial charge >= 0.3 is 5.97 Å². The van der Waals surface area contributed by atoms with E-state index >= 15 is 0 Å². The molecule has 0 saturated heterocycles. The summed E-state index contributed by atoms with van der Waals surface area (Å²) < 4.78 is 41.7. The molecule has 6 heterocycles. The maximum Gasteiger partial charge on any atom is 0.325 e. The molecule has 1 atom stereocenters. The Labute approximate surface area is 582 Å². The average molecular weight is 1400 g/mol. The molecule has 0 aliphatic rings. The molecule has 6 aromatic heterocycles. The van der Waals surface area contributed by atoms with Crippen LogP contribution in [-0.4, -0.2) is 163 Å². The van der Waals surface area contributed by atoms with Crippen LogP contribution in [0.4, 0.5) is 35.3 Å². The normalized spacial score (nSPS) is 11.2. The molecule has 34 heteroatoms. The number of benzene rings is 3. The summed E-state index contributed by atoms with van der Waals surface area (Å²) in [5, 5.41) is 56.6. The Morgan fingerprint density at radius 1 is 0.640 bits per heavy atom. The van der Waals surface area contributed by atoms with Crippen molar-refractivity contribution in [3.63, 3.8) is 0 Å². The first-order valence-corrected chi connectivity index (χ1v) is 34.4. The molecular weight excluding hydrogens is 1300 g/mol. The molecule has 0 amide bonds. The Bertz CT molecular complexity index is 4190. The quantitative estimate of drug-likeness (QED) is 0.00831. The number of tetrazole rings is 3. The van der Waals surface area contributed by atoms with Crippen molar-refractivity contribution < 1.29 is 42.4 Å². The van der Waals surface area contributed by atoms with Gasteiger partial charge in [-0.15, -0.1) is 25.4 Å². The molecule has 9 aromatic rings. The first kappa shape index (κ1) is 78.1. The molecule has 0 saturated carbocycles. The van der Waals surface area contributed by atoms with Gasteiger partial charge in [0.2, 0.25) is 17.8 Å². The maximum absolute atomic E-state index is 11.8. The molecule has 9 rings (SSSR count). The standard InChI is InChI=1S/C23H34N8O3S.2C21H28N8O3.CH4/c1-5-6-7-18(10-11-35(4,32)33)26-22-19(15(2)25-23(24)27-22)14-17-12-16(8-9-20(17)34-3)13-21-28-30-31-29-21;1-5-7-10-23-20-17(14(3)24-21(22)25-20)13-16-11-15(8-9-18(16)30-4)12-19-26-28-29(27-19)32-31-6-2;1-4-5-8-23-20-16(13(2)24-21(22)25-20)11-15-9-14(6-7-17(15)32-3)10-18-26-27-28-29(18)12-19(30)31;/h8-9,12,18H,5-7,10-11,13-14H2,1-4H3,(H3,24,25,26,27)(H,28,29,30,31);6,8-9,11H,2,5,7,10,12-13H2,1,3-4H3,(H3,22,23,24,25);6-7,9H,4-5,8,10-12H2,1-3H3,(H,30,31)(H3,22,23,24,25);1H4/t18-;;;/m0.../s1. The van der Waals surface area contributed by atoms with Gasteiger partial charge in [-0.25, -0.2) is 28.1 Å². The van der Waals surface area contributed by atoms with Gasteiger partial charge in [-0.2, -0.15) is 20.2 Å². The van der Waals surface area contributed by atoms with E-state index in [1.165, 1.54) is 10.9 Å². The van der Waals surface area contributed by atoms with Crippen LogP contribution in [0.25, 0.3) is 0 Å². The third-order valence-corrected chi connectivity index (χ3v) is 16.5. The molecule has 0 aliphatic heterocycles. The third kappa shape index (κ3) is 24.0. The Balaban J connectivity index is 0.000000235. The van der Waals surface area contributed by atoms with Crippen LogP contribution in [0.5, 0.6) is 17.2 Å². The number of carbonyl (C=O) groups is 1. The number of sulfone groups is 1. The monoisotopic (exact) mass is 1400 g/mol. The minimum absolute atomic E-state index is 0. The molecule has 33 nitrogen and oxygen atoms in total. The summed E-state index contributed by atoms with van der Waals surface area (Å²) in [6.45, 7) is 16.8. The summed E-state index contributed by atoms with van der Waals surface area (Å²) >= 11 is 0. The van der Waals surface area contributed by atoms with Crippen molar-refractivity contribution >= 4 is 51.1 Å². The number of nitrogens with one attached hydrogen (secondary N) is 4. The molecule has 3 aromatic carbocycles. The number of rotatable bonds is 36. The number of hydrogen-bond donors (Lipinski definition) is 8. The van der Waals surface area contributed by atoms with Crippen LogP contribution in [0.2, 0.25) is 0 Å². The minimum Gasteiger partial charge on any atom is -0.496 e. The SMILES string of the molecule is C.C=COOn1nnc(Cc2ccc(OC)c(Cc3c(C)nc(N)nc3NCCCC)c2)n1.CCCCNc1nc(N)nc(C)c1Cc1cc(Cc2nnnn2CC(=O)O)ccc1OC.CCCC[C@@H](CCS(C)(=O)=O)Nc1nc(N)nc(C)c1Cc1cc(Cc2nn[nH]n2)ccc1OC. The van der Waals surface area contributed by atoms with E-state index in [0.717, 1.165) is 165 Å². The van der Waals surface area contributed by atoms with Crippen molar-refractivity contribution in [2.24, 2.45) is 0 Å². The van der Waals surface area contributed by atoms with Gasteiger partial charge in [0.15, 0.2) is 17.5 Å². The van der Waals surface area contributed by atoms with Crippen LogP contribution in [0.1, 0.15) is 164 Å². The number of carboxylic acid groups (broad SMARTS) is 1. The molecule has 0 unspecified atom stereocenters. The number of hydrogen-bond acceptors (Lipinski definition) is 29. The number of anilines is 6. The van der Waals surface area contributed by atoms with Gasteiger partial charge in [0.05, 0.1) is 32.0 Å². The highest BCUT2D eigenvalue weighted by molar-refractivity contribution is 7.90. The van der Waals surface area contributed by atoms with Crippen LogP contribution in [0, 0.1) is 20.8 Å². The Hall–Kier alpha value is -10.9. The molecule has 0 bridgehead atoms. The number of H-pyrrole nitrogens is 1. The van der Waals surface area contributed by atoms with Gasteiger partial charge in [-0.05, 0) is 114 Å². The molecule has 0 fully saturated rings. The van der Waals surface area contributed by atoms with Crippen LogP contribution in [0.3, 0.4) is 0 Å². The smallest absolute Gasteiger partial charge is 0.325 e. The van der Waals surface area contributed by atoms with Crippen LogP contribution >= 0.6 is 0 Å². The van der Waals surface area contributed by atoms with Crippen molar-refractivity contribution in [1.29, 1.82) is 0 Å². The zero-order valence-corrected chi connectivity index (χ0v) is 58.6. The number of aromatic nitrogens is 18. The first-order valence-electron chi connectivity index (χ1n) is 32.3. The van der Waals surface area contributed by atoms with Crippen molar-refractivity contribution in [2.75, 3.05) is 79.6 Å². The average Bonchev–Trinajstić information content (AvgIpc) is 1.22. The number of unbranched alkanes of at least 4 members (excludes halogenated alkanes) is 3. The lowest BCUT2D eigenvalue weighted by Gasteiger charge is -2.22. The van der Waals surface area contributed by atoms with E-state index in [2.05, 4.69) is 130 Å². The van der Waals surface area contributed by atoms with Crippen LogP contribution in [0.15, 0.2) is 67.4 Å². The zero-order chi connectivity index (χ0) is 71.4. The lowest BCUT2D eigenvalue weighted by Crippen LogP contribution is -2.25. The highest BCUT2D eigenvalue weighted by atomic mass is 32.2. The highest BCUT2D eigenvalue weighted by Crippen LogP contribution is 2.32. The second kappa shape index (κ2) is 38.9. The van der Waals surface area contributed by atoms with Gasteiger partial charge in [0, 0.05) is 97.7 Å². The van der Waals surface area contributed by atoms with Crippen molar-refractivity contribution in [3.05, 3.63) is 152 Å². The summed E-state index contributed by atoms with van der Waals surface area (Å²) in [6.07, 6.45) is 12.9. The summed E-state index contributed by atoms with van der Waals surface area (Å²) in [5.41, 5.74) is 28.8. The molecule has 100 heavy (non-hydrogen) atoms. The van der Waals surface area contributed by atoms with Crippen LogP contribution < -0.4 is 52.4 Å². The predicted octanol–water partition coefficient (Wildman–Crippen LogP) is 7.21. The van der Waals surface area contributed by atoms with Gasteiger partial charge in [-0.3, -0.25) is 9.68 Å². The largest absolute Gasteiger partial charge is 0.496 e. The summed E-state index contributed by atoms with van der Waals surface area (Å²) in [7, 11) is 1.83. The van der Waals surface area contributed by atoms with Gasteiger partial charge in [0.25, 0.3) is 0 Å². The summed E-state index contributed by atoms with van der Waals surface area (Å²) in [6, 6.07) is 17.6. The number of ether oxygens (including phenoxy) is 3. The van der Waals surface area contributed by atoms with E-state index in [-0.39, 0.29) is 43.6 Å². The molecule has 0 aliphatic carbocycles. The molecule has 0 spiro atoms. The predicted molar refractivity (Wildman–Crippen MR) is 379 cm³/mol. The zero-order valence-electron chi connectivity index (χ0n) is 57.7. The van der Waals surface area contributed by atoms with Crippen molar-refractivity contribution in [3.8, 4) is 17.2 Å². The minimum atomic E-state index is -3.08. The Kier molecular flexibility index (Phi) is 30.3. The van der Waals surface area contributed by atoms with E-state index in [1.807, 2.05) is 75.4 Å². The number of aromatic amines is 1. The number of carboxylic acids is 1.